The first kappa shape index (κ1) is 21.1. The molecule has 0 aromatic heterocycles. The first-order valence-electron chi connectivity index (χ1n) is 10.6. The molecule has 1 aliphatic rings. The molecule has 3 heteroatoms. The summed E-state index contributed by atoms with van der Waals surface area (Å²) in [7, 11) is 0. The van der Waals surface area contributed by atoms with Crippen molar-refractivity contribution < 1.29 is 0 Å². The van der Waals surface area contributed by atoms with Crippen molar-refractivity contribution in [3.63, 3.8) is 0 Å². The molecule has 0 bridgehead atoms. The molecule has 0 saturated heterocycles. The van der Waals surface area contributed by atoms with E-state index in [1.54, 1.807) is 0 Å². The standard InChI is InChI=1S/C21H41N3/c1-2-3-4-5-6-7-8-9-10-11-12-13-14-15-16-22-17-19-24-20-18-23-21-24/h15-16,21-22H,2-14,17-20H2,1H3. The Bertz CT molecular complexity index is 312. The van der Waals surface area contributed by atoms with Crippen LogP contribution in [0.3, 0.4) is 0 Å². The third-order valence-corrected chi connectivity index (χ3v) is 4.76. The molecule has 0 saturated carbocycles. The van der Waals surface area contributed by atoms with E-state index in [1.165, 1.54) is 83.5 Å². The van der Waals surface area contributed by atoms with Gasteiger partial charge < -0.3 is 10.2 Å². The Morgan fingerprint density at radius 3 is 2.12 bits per heavy atom. The largest absolute Gasteiger partial charge is 0.389 e. The average molecular weight is 336 g/mol. The quantitative estimate of drug-likeness (QED) is 0.354. The van der Waals surface area contributed by atoms with Gasteiger partial charge in [0.2, 0.25) is 0 Å². The van der Waals surface area contributed by atoms with Crippen LogP contribution in [0.25, 0.3) is 0 Å². The molecule has 1 aliphatic heterocycles. The van der Waals surface area contributed by atoms with Gasteiger partial charge in [-0.05, 0) is 19.0 Å². The fraction of sp³-hybridized carbons (Fsp3) is 0.857. The van der Waals surface area contributed by atoms with Gasteiger partial charge in [-0.3, -0.25) is 4.99 Å². The second-order valence-corrected chi connectivity index (χ2v) is 7.09. The van der Waals surface area contributed by atoms with Crippen LogP contribution in [0.15, 0.2) is 17.3 Å². The summed E-state index contributed by atoms with van der Waals surface area (Å²) in [6.07, 6.45) is 24.7. The van der Waals surface area contributed by atoms with Crippen molar-refractivity contribution >= 4 is 6.34 Å². The van der Waals surface area contributed by atoms with E-state index in [0.717, 1.165) is 26.2 Å². The topological polar surface area (TPSA) is 27.6 Å². The fourth-order valence-electron chi connectivity index (χ4n) is 3.15. The number of rotatable bonds is 17. The highest BCUT2D eigenvalue weighted by Crippen LogP contribution is 2.12. The lowest BCUT2D eigenvalue weighted by Crippen LogP contribution is -2.27. The van der Waals surface area contributed by atoms with Gasteiger partial charge in [-0.15, -0.1) is 0 Å². The molecule has 0 aromatic rings. The Kier molecular flexibility index (Phi) is 14.8. The van der Waals surface area contributed by atoms with Gasteiger partial charge in [0.15, 0.2) is 0 Å². The normalized spacial score (nSPS) is 14.1. The van der Waals surface area contributed by atoms with Crippen LogP contribution in [-0.2, 0) is 0 Å². The van der Waals surface area contributed by atoms with Crippen molar-refractivity contribution in [1.29, 1.82) is 0 Å². The maximum absolute atomic E-state index is 4.22. The van der Waals surface area contributed by atoms with Gasteiger partial charge in [0, 0.05) is 19.6 Å². The Labute approximate surface area is 151 Å². The van der Waals surface area contributed by atoms with Gasteiger partial charge in [0.05, 0.1) is 12.9 Å². The van der Waals surface area contributed by atoms with Crippen LogP contribution in [0.2, 0.25) is 0 Å². The second kappa shape index (κ2) is 16.9. The number of aliphatic imine (C=N–C) groups is 1. The van der Waals surface area contributed by atoms with Gasteiger partial charge >= 0.3 is 0 Å². The molecule has 1 N–H and O–H groups in total. The van der Waals surface area contributed by atoms with Crippen LogP contribution in [0.4, 0.5) is 0 Å². The summed E-state index contributed by atoms with van der Waals surface area (Å²) in [4.78, 5) is 6.48. The predicted molar refractivity (Wildman–Crippen MR) is 108 cm³/mol. The summed E-state index contributed by atoms with van der Waals surface area (Å²) < 4.78 is 0. The molecule has 0 radical (unpaired) electrons. The predicted octanol–water partition coefficient (Wildman–Crippen LogP) is 5.52. The monoisotopic (exact) mass is 335 g/mol. The summed E-state index contributed by atoms with van der Waals surface area (Å²) in [6, 6.07) is 0. The number of hydrogen-bond donors (Lipinski definition) is 1. The SMILES string of the molecule is CCCCCCCCCCCCCCC=CNCCN1C=NCC1. The van der Waals surface area contributed by atoms with E-state index in [-0.39, 0.29) is 0 Å². The molecule has 0 amide bonds. The molecule has 0 fully saturated rings. The molecule has 1 heterocycles. The Morgan fingerprint density at radius 1 is 0.917 bits per heavy atom. The first-order chi connectivity index (χ1) is 11.9. The Hall–Kier alpha value is -0.990. The van der Waals surface area contributed by atoms with E-state index in [0.29, 0.717) is 0 Å². The van der Waals surface area contributed by atoms with E-state index < -0.39 is 0 Å². The molecule has 24 heavy (non-hydrogen) atoms. The Balaban J connectivity index is 1.69. The smallest absolute Gasteiger partial charge is 0.0851 e. The van der Waals surface area contributed by atoms with Gasteiger partial charge in [-0.25, -0.2) is 0 Å². The van der Waals surface area contributed by atoms with Gasteiger partial charge in [-0.2, -0.15) is 0 Å². The first-order valence-corrected chi connectivity index (χ1v) is 10.6. The second-order valence-electron chi connectivity index (χ2n) is 7.09. The molecular formula is C21H41N3. The highest BCUT2D eigenvalue weighted by atomic mass is 15.2. The van der Waals surface area contributed by atoms with Gasteiger partial charge in [-0.1, -0.05) is 83.6 Å². The minimum Gasteiger partial charge on any atom is -0.389 e. The highest BCUT2D eigenvalue weighted by molar-refractivity contribution is 5.56. The van der Waals surface area contributed by atoms with E-state index in [9.17, 15) is 0 Å². The van der Waals surface area contributed by atoms with Crippen LogP contribution in [-0.4, -0.2) is 37.4 Å². The van der Waals surface area contributed by atoms with E-state index in [1.807, 2.05) is 6.34 Å². The van der Waals surface area contributed by atoms with Crippen molar-refractivity contribution in [2.24, 2.45) is 4.99 Å². The Morgan fingerprint density at radius 2 is 1.54 bits per heavy atom. The molecule has 0 unspecified atom stereocenters. The van der Waals surface area contributed by atoms with E-state index in [4.69, 9.17) is 0 Å². The van der Waals surface area contributed by atoms with Crippen LogP contribution in [0.5, 0.6) is 0 Å². The summed E-state index contributed by atoms with van der Waals surface area (Å²) >= 11 is 0. The molecule has 0 spiro atoms. The van der Waals surface area contributed by atoms with Crippen LogP contribution in [0, 0.1) is 0 Å². The zero-order valence-electron chi connectivity index (χ0n) is 16.1. The molecule has 140 valence electrons. The van der Waals surface area contributed by atoms with Crippen molar-refractivity contribution in [2.45, 2.75) is 90.4 Å². The summed E-state index contributed by atoms with van der Waals surface area (Å²) in [5, 5.41) is 3.37. The van der Waals surface area contributed by atoms with E-state index >= 15 is 0 Å². The molecule has 0 aliphatic carbocycles. The minimum absolute atomic E-state index is 0.967. The highest BCUT2D eigenvalue weighted by Gasteiger charge is 2.02. The van der Waals surface area contributed by atoms with Crippen molar-refractivity contribution in [1.82, 2.24) is 10.2 Å². The van der Waals surface area contributed by atoms with Crippen LogP contribution < -0.4 is 5.32 Å². The molecule has 1 rings (SSSR count). The van der Waals surface area contributed by atoms with Crippen molar-refractivity contribution in [2.75, 3.05) is 26.2 Å². The summed E-state index contributed by atoms with van der Waals surface area (Å²) in [6.45, 7) is 6.42. The average Bonchev–Trinajstić information content (AvgIpc) is 3.11. The summed E-state index contributed by atoms with van der Waals surface area (Å²) in [5.74, 6) is 0. The van der Waals surface area contributed by atoms with Crippen LogP contribution in [0.1, 0.15) is 90.4 Å². The maximum atomic E-state index is 4.22. The van der Waals surface area contributed by atoms with E-state index in [2.05, 4.69) is 34.4 Å². The van der Waals surface area contributed by atoms with Crippen LogP contribution >= 0.6 is 0 Å². The molecule has 0 aromatic carbocycles. The third kappa shape index (κ3) is 13.4. The number of allylic oxidation sites excluding steroid dienone is 1. The lowest BCUT2D eigenvalue weighted by molar-refractivity contribution is 0.466. The fourth-order valence-corrected chi connectivity index (χ4v) is 3.15. The lowest BCUT2D eigenvalue weighted by atomic mass is 10.0. The van der Waals surface area contributed by atoms with Crippen molar-refractivity contribution in [3.8, 4) is 0 Å². The number of nitrogens with zero attached hydrogens (tertiary/aromatic N) is 2. The van der Waals surface area contributed by atoms with Gasteiger partial charge in [0.25, 0.3) is 0 Å². The molecule has 0 atom stereocenters. The zero-order valence-corrected chi connectivity index (χ0v) is 16.1. The minimum atomic E-state index is 0.967. The number of unbranched alkanes of at least 4 members (excludes halogenated alkanes) is 12. The number of hydrogen-bond acceptors (Lipinski definition) is 3. The third-order valence-electron chi connectivity index (χ3n) is 4.76. The number of nitrogens with one attached hydrogen (secondary N) is 1. The molecular weight excluding hydrogens is 294 g/mol. The molecule has 3 nitrogen and oxygen atoms in total. The maximum Gasteiger partial charge on any atom is 0.0851 e. The summed E-state index contributed by atoms with van der Waals surface area (Å²) in [5.41, 5.74) is 0. The zero-order chi connectivity index (χ0) is 17.1. The lowest BCUT2D eigenvalue weighted by Gasteiger charge is -2.12. The van der Waals surface area contributed by atoms with Gasteiger partial charge in [0.1, 0.15) is 0 Å². The van der Waals surface area contributed by atoms with Crippen molar-refractivity contribution in [3.05, 3.63) is 12.3 Å².